The zero-order valence-corrected chi connectivity index (χ0v) is 10.2. The summed E-state index contributed by atoms with van der Waals surface area (Å²) in [7, 11) is -3.42. The molecule has 8 heteroatoms. The number of nitrogens with one attached hydrogen (secondary N) is 1. The zero-order chi connectivity index (χ0) is 12.3. The van der Waals surface area contributed by atoms with Crippen LogP contribution in [0.4, 0.5) is 5.82 Å². The molecule has 0 fully saturated rings. The number of hydrogen-bond acceptors (Lipinski definition) is 5. The molecule has 1 atom stereocenters. The zero-order valence-electron chi connectivity index (χ0n) is 8.64. The first-order chi connectivity index (χ1) is 7.30. The summed E-state index contributed by atoms with van der Waals surface area (Å²) in [4.78, 5) is 18.8. The highest BCUT2D eigenvalue weighted by Gasteiger charge is 2.23. The minimum absolute atomic E-state index is 0.0233. The molecule has 1 N–H and O–H groups in total. The number of rotatable bonds is 3. The van der Waals surface area contributed by atoms with E-state index in [9.17, 15) is 13.2 Å². The lowest BCUT2D eigenvalue weighted by Crippen LogP contribution is -2.32. The number of carbonyl (C=O) groups is 1. The largest absolute Gasteiger partial charge is 0.309 e. The van der Waals surface area contributed by atoms with Crippen LogP contribution in [0, 0.1) is 0 Å². The third-order valence-electron chi connectivity index (χ3n) is 1.89. The fourth-order valence-electron chi connectivity index (χ4n) is 0.827. The molecular formula is C8H10ClN3O3S. The molecule has 6 nitrogen and oxygen atoms in total. The summed E-state index contributed by atoms with van der Waals surface area (Å²) in [5, 5.41) is 1.17. The maximum Gasteiger partial charge on any atom is 0.243 e. The molecule has 0 spiro atoms. The van der Waals surface area contributed by atoms with Crippen LogP contribution in [-0.2, 0) is 14.6 Å². The van der Waals surface area contributed by atoms with Crippen molar-refractivity contribution in [2.24, 2.45) is 0 Å². The maximum atomic E-state index is 11.5. The molecule has 0 aliphatic carbocycles. The minimum atomic E-state index is -3.42. The van der Waals surface area contributed by atoms with Crippen molar-refractivity contribution in [3.63, 3.8) is 0 Å². The van der Waals surface area contributed by atoms with E-state index < -0.39 is 21.0 Å². The highest BCUT2D eigenvalue weighted by Crippen LogP contribution is 2.08. The summed E-state index contributed by atoms with van der Waals surface area (Å²) in [6.45, 7) is 1.30. The first-order valence-corrected chi connectivity index (χ1v) is 6.62. The van der Waals surface area contributed by atoms with Gasteiger partial charge in [0.25, 0.3) is 0 Å². The average molecular weight is 264 g/mol. The lowest BCUT2D eigenvalue weighted by atomic mass is 10.4. The van der Waals surface area contributed by atoms with Crippen molar-refractivity contribution < 1.29 is 13.2 Å². The normalized spacial score (nSPS) is 13.2. The van der Waals surface area contributed by atoms with Crippen molar-refractivity contribution in [3.05, 3.63) is 17.5 Å². The van der Waals surface area contributed by atoms with Gasteiger partial charge in [-0.3, -0.25) is 4.79 Å². The Hall–Kier alpha value is -1.21. The summed E-state index contributed by atoms with van der Waals surface area (Å²) in [6, 6.07) is 1.42. The molecule has 1 rings (SSSR count). The SMILES string of the molecule is CC(C(=O)Nc1ccnc(Cl)n1)S(C)(=O)=O. The highest BCUT2D eigenvalue weighted by atomic mass is 35.5. The summed E-state index contributed by atoms with van der Waals surface area (Å²) < 4.78 is 22.2. The lowest BCUT2D eigenvalue weighted by molar-refractivity contribution is -0.115. The Morgan fingerprint density at radius 1 is 1.56 bits per heavy atom. The Kier molecular flexibility index (Phi) is 3.82. The fraction of sp³-hybridized carbons (Fsp3) is 0.375. The third-order valence-corrected chi connectivity index (χ3v) is 3.57. The standard InChI is InChI=1S/C8H10ClN3O3S/c1-5(16(2,14)15)7(13)11-6-3-4-10-8(9)12-6/h3-5H,1-2H3,(H,10,11,12,13). The average Bonchev–Trinajstić information content (AvgIpc) is 2.15. The van der Waals surface area contributed by atoms with E-state index in [2.05, 4.69) is 15.3 Å². The smallest absolute Gasteiger partial charge is 0.243 e. The molecule has 1 unspecified atom stereocenters. The number of hydrogen-bond donors (Lipinski definition) is 1. The van der Waals surface area contributed by atoms with Gasteiger partial charge in [-0.15, -0.1) is 0 Å². The van der Waals surface area contributed by atoms with Crippen LogP contribution in [0.5, 0.6) is 0 Å². The highest BCUT2D eigenvalue weighted by molar-refractivity contribution is 7.92. The van der Waals surface area contributed by atoms with Crippen molar-refractivity contribution in [3.8, 4) is 0 Å². The number of halogens is 1. The van der Waals surface area contributed by atoms with Crippen molar-refractivity contribution in [1.29, 1.82) is 0 Å². The Morgan fingerprint density at radius 3 is 2.69 bits per heavy atom. The molecular weight excluding hydrogens is 254 g/mol. The van der Waals surface area contributed by atoms with E-state index in [1.807, 2.05) is 0 Å². The Labute approximate surface area is 98.0 Å². The van der Waals surface area contributed by atoms with Gasteiger partial charge in [-0.25, -0.2) is 18.4 Å². The van der Waals surface area contributed by atoms with Gasteiger partial charge in [-0.2, -0.15) is 0 Å². The van der Waals surface area contributed by atoms with E-state index in [4.69, 9.17) is 11.6 Å². The third kappa shape index (κ3) is 3.42. The molecule has 0 saturated heterocycles. The van der Waals surface area contributed by atoms with Crippen LogP contribution in [0.1, 0.15) is 6.92 Å². The van der Waals surface area contributed by atoms with E-state index in [-0.39, 0.29) is 11.1 Å². The van der Waals surface area contributed by atoms with Crippen molar-refractivity contribution in [2.45, 2.75) is 12.2 Å². The quantitative estimate of drug-likeness (QED) is 0.802. The maximum absolute atomic E-state index is 11.5. The van der Waals surface area contributed by atoms with Gasteiger partial charge in [0.05, 0.1) is 0 Å². The first kappa shape index (κ1) is 12.9. The van der Waals surface area contributed by atoms with Crippen LogP contribution >= 0.6 is 11.6 Å². The van der Waals surface area contributed by atoms with Crippen LogP contribution in [0.15, 0.2) is 12.3 Å². The van der Waals surface area contributed by atoms with Crippen molar-refractivity contribution >= 4 is 33.2 Å². The Bertz CT molecular complexity index is 503. The fourth-order valence-corrected chi connectivity index (χ4v) is 1.42. The summed E-state index contributed by atoms with van der Waals surface area (Å²) in [6.07, 6.45) is 2.35. The summed E-state index contributed by atoms with van der Waals surface area (Å²) >= 11 is 5.51. The predicted molar refractivity (Wildman–Crippen MR) is 60.0 cm³/mol. The molecule has 0 bridgehead atoms. The van der Waals surface area contributed by atoms with Crippen LogP contribution in [-0.4, -0.2) is 35.8 Å². The van der Waals surface area contributed by atoms with Crippen molar-refractivity contribution in [1.82, 2.24) is 9.97 Å². The van der Waals surface area contributed by atoms with Crippen molar-refractivity contribution in [2.75, 3.05) is 11.6 Å². The van der Waals surface area contributed by atoms with Gasteiger partial charge in [0.2, 0.25) is 11.2 Å². The molecule has 0 radical (unpaired) electrons. The van der Waals surface area contributed by atoms with Crippen LogP contribution in [0.2, 0.25) is 5.28 Å². The molecule has 1 aromatic rings. The Morgan fingerprint density at radius 2 is 2.19 bits per heavy atom. The van der Waals surface area contributed by atoms with Crippen LogP contribution in [0.25, 0.3) is 0 Å². The molecule has 0 aliphatic rings. The lowest BCUT2D eigenvalue weighted by Gasteiger charge is -2.09. The number of anilines is 1. The van der Waals surface area contributed by atoms with Crippen LogP contribution in [0.3, 0.4) is 0 Å². The molecule has 1 heterocycles. The summed E-state index contributed by atoms with van der Waals surface area (Å²) in [5.41, 5.74) is 0. The van der Waals surface area contributed by atoms with Gasteiger partial charge in [-0.05, 0) is 24.6 Å². The number of aromatic nitrogens is 2. The van der Waals surface area contributed by atoms with Gasteiger partial charge >= 0.3 is 0 Å². The molecule has 88 valence electrons. The molecule has 1 amide bonds. The van der Waals surface area contributed by atoms with Gasteiger partial charge < -0.3 is 5.32 Å². The van der Waals surface area contributed by atoms with E-state index in [1.54, 1.807) is 0 Å². The van der Waals surface area contributed by atoms with E-state index in [0.29, 0.717) is 0 Å². The first-order valence-electron chi connectivity index (χ1n) is 4.29. The minimum Gasteiger partial charge on any atom is -0.309 e. The van der Waals surface area contributed by atoms with Gasteiger partial charge in [0.1, 0.15) is 11.1 Å². The van der Waals surface area contributed by atoms with Gasteiger partial charge in [0.15, 0.2) is 9.84 Å². The summed E-state index contributed by atoms with van der Waals surface area (Å²) in [5.74, 6) is -0.488. The molecule has 16 heavy (non-hydrogen) atoms. The second-order valence-corrected chi connectivity index (χ2v) is 5.88. The van der Waals surface area contributed by atoms with E-state index in [1.165, 1.54) is 19.2 Å². The Balaban J connectivity index is 2.80. The second kappa shape index (κ2) is 4.75. The molecule has 0 saturated carbocycles. The van der Waals surface area contributed by atoms with Gasteiger partial charge in [0, 0.05) is 12.5 Å². The molecule has 0 aromatic carbocycles. The van der Waals surface area contributed by atoms with E-state index in [0.717, 1.165) is 6.26 Å². The number of amides is 1. The van der Waals surface area contributed by atoms with E-state index >= 15 is 0 Å². The topological polar surface area (TPSA) is 89.0 Å². The number of carbonyl (C=O) groups excluding carboxylic acids is 1. The number of sulfone groups is 1. The molecule has 0 aliphatic heterocycles. The second-order valence-electron chi connectivity index (χ2n) is 3.17. The molecule has 1 aromatic heterocycles. The predicted octanol–water partition coefficient (Wildman–Crippen LogP) is 0.502. The van der Waals surface area contributed by atoms with Gasteiger partial charge in [-0.1, -0.05) is 0 Å². The number of nitrogens with zero attached hydrogens (tertiary/aromatic N) is 2. The monoisotopic (exact) mass is 263 g/mol. The van der Waals surface area contributed by atoms with Crippen LogP contribution < -0.4 is 5.32 Å².